The fourth-order valence-corrected chi connectivity index (χ4v) is 3.88. The fourth-order valence-electron chi connectivity index (χ4n) is 3.88. The lowest BCUT2D eigenvalue weighted by molar-refractivity contribution is -0.156. The molecule has 0 fully saturated rings. The van der Waals surface area contributed by atoms with Crippen molar-refractivity contribution in [3.05, 3.63) is 35.0 Å². The summed E-state index contributed by atoms with van der Waals surface area (Å²) in [6.45, 7) is 0.411. The predicted octanol–water partition coefficient (Wildman–Crippen LogP) is 3.31. The van der Waals surface area contributed by atoms with E-state index in [-0.39, 0.29) is 18.8 Å². The van der Waals surface area contributed by atoms with Crippen molar-refractivity contribution in [2.45, 2.75) is 63.7 Å². The molecule has 3 heterocycles. The van der Waals surface area contributed by atoms with Gasteiger partial charge in [0.2, 0.25) is 0 Å². The number of urea groups is 1. The standard InChI is InChI=1S/C18H21F3N6O/c19-18(20,21)13-6-3-7-27-15(25-26-16(13)27)10-23-17(28)24-14-8-11-4-1-2-5-12(11)9-22-14/h8-9,13H,1-7,10H2,(H2,22,23,24,28). The lowest BCUT2D eigenvalue weighted by atomic mass is 9.93. The number of hydrogen-bond acceptors (Lipinski definition) is 4. The van der Waals surface area contributed by atoms with Crippen molar-refractivity contribution in [3.8, 4) is 0 Å². The van der Waals surface area contributed by atoms with Crippen LogP contribution in [0.4, 0.5) is 23.8 Å². The summed E-state index contributed by atoms with van der Waals surface area (Å²) >= 11 is 0. The molecule has 7 nitrogen and oxygen atoms in total. The third-order valence-corrected chi connectivity index (χ3v) is 5.31. The van der Waals surface area contributed by atoms with Crippen LogP contribution in [0.15, 0.2) is 12.3 Å². The Morgan fingerprint density at radius 2 is 1.96 bits per heavy atom. The molecule has 2 amide bonds. The molecule has 1 aliphatic carbocycles. The molecule has 1 aliphatic heterocycles. The van der Waals surface area contributed by atoms with Gasteiger partial charge in [-0.05, 0) is 55.7 Å². The molecule has 4 rings (SSSR count). The van der Waals surface area contributed by atoms with Crippen LogP contribution in [0.5, 0.6) is 0 Å². The minimum atomic E-state index is -4.34. The zero-order valence-corrected chi connectivity index (χ0v) is 15.2. The molecule has 2 aromatic rings. The van der Waals surface area contributed by atoms with Crippen LogP contribution in [-0.4, -0.2) is 32.0 Å². The van der Waals surface area contributed by atoms with E-state index < -0.39 is 18.1 Å². The number of fused-ring (bicyclic) bond motifs is 2. The summed E-state index contributed by atoms with van der Waals surface area (Å²) in [7, 11) is 0. The number of rotatable bonds is 3. The van der Waals surface area contributed by atoms with Crippen LogP contribution >= 0.6 is 0 Å². The average molecular weight is 394 g/mol. The normalized spacial score (nSPS) is 18.9. The van der Waals surface area contributed by atoms with E-state index in [0.717, 1.165) is 25.7 Å². The van der Waals surface area contributed by atoms with Gasteiger partial charge in [0.15, 0.2) is 5.82 Å². The molecule has 0 spiro atoms. The number of pyridine rings is 1. The van der Waals surface area contributed by atoms with Crippen LogP contribution in [0, 0.1) is 0 Å². The summed E-state index contributed by atoms with van der Waals surface area (Å²) in [5.41, 5.74) is 2.41. The molecule has 1 atom stereocenters. The molecule has 0 radical (unpaired) electrons. The Hall–Kier alpha value is -2.65. The van der Waals surface area contributed by atoms with E-state index in [4.69, 9.17) is 0 Å². The van der Waals surface area contributed by atoms with E-state index >= 15 is 0 Å². The van der Waals surface area contributed by atoms with Gasteiger partial charge >= 0.3 is 12.2 Å². The topological polar surface area (TPSA) is 84.7 Å². The summed E-state index contributed by atoms with van der Waals surface area (Å²) < 4.78 is 40.9. The Balaban J connectivity index is 1.39. The van der Waals surface area contributed by atoms with Gasteiger partial charge in [0, 0.05) is 12.7 Å². The third-order valence-electron chi connectivity index (χ3n) is 5.31. The van der Waals surface area contributed by atoms with Gasteiger partial charge in [0.25, 0.3) is 0 Å². The number of aromatic nitrogens is 4. The van der Waals surface area contributed by atoms with Crippen LogP contribution in [0.3, 0.4) is 0 Å². The summed E-state index contributed by atoms with van der Waals surface area (Å²) in [6, 6.07) is 1.39. The second-order valence-electron chi connectivity index (χ2n) is 7.22. The Labute approximate surface area is 159 Å². The lowest BCUT2D eigenvalue weighted by Gasteiger charge is -2.25. The monoisotopic (exact) mass is 394 g/mol. The first-order valence-electron chi connectivity index (χ1n) is 9.43. The highest BCUT2D eigenvalue weighted by Crippen LogP contribution is 2.40. The Kier molecular flexibility index (Phi) is 4.94. The second-order valence-corrected chi connectivity index (χ2v) is 7.22. The minimum absolute atomic E-state index is 0.00560. The van der Waals surface area contributed by atoms with Crippen LogP contribution in [0.25, 0.3) is 0 Å². The Morgan fingerprint density at radius 1 is 1.18 bits per heavy atom. The van der Waals surface area contributed by atoms with Crippen LogP contribution in [0.2, 0.25) is 0 Å². The highest BCUT2D eigenvalue weighted by molar-refractivity contribution is 5.88. The number of carbonyl (C=O) groups excluding carboxylic acids is 1. The molecule has 1 unspecified atom stereocenters. The van der Waals surface area contributed by atoms with Crippen LogP contribution < -0.4 is 10.6 Å². The summed E-state index contributed by atoms with van der Waals surface area (Å²) in [5.74, 6) is -0.903. The highest BCUT2D eigenvalue weighted by atomic mass is 19.4. The van der Waals surface area contributed by atoms with Gasteiger partial charge in [-0.1, -0.05) is 0 Å². The summed E-state index contributed by atoms with van der Waals surface area (Å²) in [6.07, 6.45) is 2.11. The number of hydrogen-bond donors (Lipinski definition) is 2. The Morgan fingerprint density at radius 3 is 2.75 bits per heavy atom. The van der Waals surface area contributed by atoms with E-state index in [1.54, 1.807) is 6.20 Å². The highest BCUT2D eigenvalue weighted by Gasteiger charge is 2.45. The van der Waals surface area contributed by atoms with Crippen molar-refractivity contribution in [2.75, 3.05) is 5.32 Å². The van der Waals surface area contributed by atoms with E-state index in [1.165, 1.54) is 15.7 Å². The SMILES string of the molecule is O=C(NCc1nnc2n1CCCC2C(F)(F)F)Nc1cc2c(cn1)CCCC2. The first-order chi connectivity index (χ1) is 13.4. The molecule has 2 N–H and O–H groups in total. The van der Waals surface area contributed by atoms with Gasteiger partial charge in [-0.15, -0.1) is 10.2 Å². The summed E-state index contributed by atoms with van der Waals surface area (Å²) in [4.78, 5) is 16.4. The number of anilines is 1. The number of aryl methyl sites for hydroxylation is 2. The molecule has 0 bridgehead atoms. The molecule has 0 saturated carbocycles. The second kappa shape index (κ2) is 7.40. The number of nitrogens with one attached hydrogen (secondary N) is 2. The van der Waals surface area contributed by atoms with Crippen molar-refractivity contribution < 1.29 is 18.0 Å². The number of alkyl halides is 3. The molecule has 2 aliphatic rings. The number of amides is 2. The quantitative estimate of drug-likeness (QED) is 0.837. The van der Waals surface area contributed by atoms with Crippen molar-refractivity contribution in [1.29, 1.82) is 0 Å². The molecule has 28 heavy (non-hydrogen) atoms. The Bertz CT molecular complexity index is 879. The van der Waals surface area contributed by atoms with Gasteiger partial charge in [0.05, 0.1) is 6.54 Å². The largest absolute Gasteiger partial charge is 0.398 e. The number of halogens is 3. The van der Waals surface area contributed by atoms with Crippen molar-refractivity contribution in [2.24, 2.45) is 0 Å². The lowest BCUT2D eigenvalue weighted by Crippen LogP contribution is -2.32. The van der Waals surface area contributed by atoms with E-state index in [0.29, 0.717) is 24.6 Å². The molecule has 150 valence electrons. The van der Waals surface area contributed by atoms with Crippen molar-refractivity contribution in [3.63, 3.8) is 0 Å². The average Bonchev–Trinajstić information content (AvgIpc) is 3.08. The summed E-state index contributed by atoms with van der Waals surface area (Å²) in [5, 5.41) is 12.9. The fraction of sp³-hybridized carbons (Fsp3) is 0.556. The molecule has 10 heteroatoms. The van der Waals surface area contributed by atoms with E-state index in [2.05, 4.69) is 25.8 Å². The zero-order valence-electron chi connectivity index (χ0n) is 15.2. The van der Waals surface area contributed by atoms with Gasteiger partial charge < -0.3 is 9.88 Å². The van der Waals surface area contributed by atoms with Crippen LogP contribution in [0.1, 0.15) is 54.4 Å². The predicted molar refractivity (Wildman–Crippen MR) is 94.8 cm³/mol. The smallest absolute Gasteiger partial charge is 0.331 e. The molecule has 0 aromatic carbocycles. The van der Waals surface area contributed by atoms with Gasteiger partial charge in [-0.2, -0.15) is 13.2 Å². The van der Waals surface area contributed by atoms with Crippen LogP contribution in [-0.2, 0) is 25.9 Å². The minimum Gasteiger partial charge on any atom is -0.331 e. The first kappa shape index (κ1) is 18.7. The van der Waals surface area contributed by atoms with E-state index in [9.17, 15) is 18.0 Å². The van der Waals surface area contributed by atoms with E-state index in [1.807, 2.05) is 6.07 Å². The third kappa shape index (κ3) is 3.81. The van der Waals surface area contributed by atoms with Crippen molar-refractivity contribution in [1.82, 2.24) is 25.1 Å². The maximum Gasteiger partial charge on any atom is 0.398 e. The molecule has 0 saturated heterocycles. The molecular weight excluding hydrogens is 373 g/mol. The first-order valence-corrected chi connectivity index (χ1v) is 9.43. The van der Waals surface area contributed by atoms with Crippen molar-refractivity contribution >= 4 is 11.8 Å². The maximum absolute atomic E-state index is 13.1. The zero-order chi connectivity index (χ0) is 19.7. The number of nitrogens with zero attached hydrogens (tertiary/aromatic N) is 4. The van der Waals surface area contributed by atoms with Gasteiger partial charge in [-0.25, -0.2) is 9.78 Å². The number of carbonyl (C=O) groups is 1. The molecular formula is C18H21F3N6O. The van der Waals surface area contributed by atoms with Gasteiger partial charge in [-0.3, -0.25) is 5.32 Å². The maximum atomic E-state index is 13.1. The molecule has 2 aromatic heterocycles. The van der Waals surface area contributed by atoms with Gasteiger partial charge in [0.1, 0.15) is 17.6 Å².